The zero-order chi connectivity index (χ0) is 17.9. The van der Waals surface area contributed by atoms with Gasteiger partial charge in [-0.05, 0) is 67.1 Å². The molecule has 3 saturated carbocycles. The molecule has 0 radical (unpaired) electrons. The van der Waals surface area contributed by atoms with Crippen LogP contribution in [0.5, 0.6) is 0 Å². The van der Waals surface area contributed by atoms with E-state index < -0.39 is 0 Å². The van der Waals surface area contributed by atoms with Gasteiger partial charge >= 0.3 is 0 Å². The van der Waals surface area contributed by atoms with Crippen LogP contribution in [-0.4, -0.2) is 12.3 Å². The first kappa shape index (κ1) is 18.4. The van der Waals surface area contributed by atoms with Crippen molar-refractivity contribution in [2.75, 3.05) is 0 Å². The Balaban J connectivity index is 1.63. The maximum Gasteiger partial charge on any atom is 0.142 e. The number of hydrogen-bond donors (Lipinski definition) is 1. The minimum atomic E-state index is 0.139. The maximum atomic E-state index is 7.16. The lowest BCUT2D eigenvalue weighted by atomic mass is 9.22. The summed E-state index contributed by atoms with van der Waals surface area (Å²) >= 11 is 0. The molecule has 0 aromatic carbocycles. The molecule has 2 heteroatoms. The quantitative estimate of drug-likeness (QED) is 0.589. The molecular formula is C23H42BN. The van der Waals surface area contributed by atoms with Crippen LogP contribution in [0, 0.1) is 28.6 Å². The summed E-state index contributed by atoms with van der Waals surface area (Å²) in [5, 5.41) is 0. The number of unbranched alkanes of at least 4 members (excludes halogenated alkanes) is 1. The van der Waals surface area contributed by atoms with Crippen molar-refractivity contribution in [1.29, 1.82) is 0 Å². The van der Waals surface area contributed by atoms with Crippen LogP contribution in [0.15, 0.2) is 0 Å². The first-order valence-corrected chi connectivity index (χ1v) is 11.6. The molecular weight excluding hydrogens is 301 g/mol. The summed E-state index contributed by atoms with van der Waals surface area (Å²) in [7, 11) is 0. The largest absolute Gasteiger partial charge is 0.325 e. The van der Waals surface area contributed by atoms with Gasteiger partial charge < -0.3 is 5.73 Å². The summed E-state index contributed by atoms with van der Waals surface area (Å²) in [6.07, 6.45) is 17.1. The fourth-order valence-electron chi connectivity index (χ4n) is 8.83. The zero-order valence-electron chi connectivity index (χ0n) is 17.4. The van der Waals surface area contributed by atoms with Gasteiger partial charge in [0.2, 0.25) is 0 Å². The van der Waals surface area contributed by atoms with E-state index in [-0.39, 0.29) is 5.54 Å². The molecule has 25 heavy (non-hydrogen) atoms. The van der Waals surface area contributed by atoms with Crippen LogP contribution in [-0.2, 0) is 0 Å². The molecule has 2 N–H and O–H groups in total. The van der Waals surface area contributed by atoms with Gasteiger partial charge in [-0.3, -0.25) is 0 Å². The lowest BCUT2D eigenvalue weighted by molar-refractivity contribution is -0.0503. The Morgan fingerprint density at radius 3 is 2.52 bits per heavy atom. The van der Waals surface area contributed by atoms with Crippen molar-refractivity contribution in [1.82, 2.24) is 0 Å². The van der Waals surface area contributed by atoms with Crippen LogP contribution < -0.4 is 5.73 Å². The molecule has 4 fully saturated rings. The van der Waals surface area contributed by atoms with Crippen LogP contribution in [0.4, 0.5) is 0 Å². The third-order valence-electron chi connectivity index (χ3n) is 10.3. The van der Waals surface area contributed by atoms with Gasteiger partial charge in [-0.1, -0.05) is 71.8 Å². The molecule has 0 bridgehead atoms. The topological polar surface area (TPSA) is 26.0 Å². The minimum Gasteiger partial charge on any atom is -0.325 e. The first-order valence-electron chi connectivity index (χ1n) is 11.6. The van der Waals surface area contributed by atoms with Crippen molar-refractivity contribution in [3.05, 3.63) is 0 Å². The molecule has 0 spiro atoms. The van der Waals surface area contributed by atoms with E-state index in [1.165, 1.54) is 76.9 Å². The first-order chi connectivity index (χ1) is 11.9. The van der Waals surface area contributed by atoms with Crippen molar-refractivity contribution < 1.29 is 0 Å². The van der Waals surface area contributed by atoms with Crippen molar-refractivity contribution in [2.24, 2.45) is 34.3 Å². The molecule has 1 nitrogen and oxygen atoms in total. The minimum absolute atomic E-state index is 0.139. The Kier molecular flexibility index (Phi) is 4.62. The molecule has 7 atom stereocenters. The van der Waals surface area contributed by atoms with Gasteiger partial charge in [0.1, 0.15) is 6.71 Å². The normalized spacial score (nSPS) is 52.4. The summed E-state index contributed by atoms with van der Waals surface area (Å²) in [4.78, 5) is 0. The molecule has 4 aliphatic rings. The third-order valence-corrected chi connectivity index (χ3v) is 10.3. The SMILES string of the molecule is CCCCC1CCC2C3B(C)CC4(N)CCCCC4(C)C3CCC12C. The Labute approximate surface area is 157 Å². The van der Waals surface area contributed by atoms with Crippen LogP contribution in [0.1, 0.15) is 91.4 Å². The smallest absolute Gasteiger partial charge is 0.142 e. The van der Waals surface area contributed by atoms with Crippen LogP contribution in [0.3, 0.4) is 0 Å². The van der Waals surface area contributed by atoms with Crippen LogP contribution in [0.25, 0.3) is 0 Å². The number of fused-ring (bicyclic) bond motifs is 5. The van der Waals surface area contributed by atoms with E-state index in [4.69, 9.17) is 5.73 Å². The average Bonchev–Trinajstić information content (AvgIpc) is 2.90. The summed E-state index contributed by atoms with van der Waals surface area (Å²) < 4.78 is 0. The van der Waals surface area contributed by atoms with E-state index in [9.17, 15) is 0 Å². The Morgan fingerprint density at radius 1 is 1.00 bits per heavy atom. The predicted molar refractivity (Wildman–Crippen MR) is 110 cm³/mol. The summed E-state index contributed by atoms with van der Waals surface area (Å²) in [5.41, 5.74) is 8.36. The molecule has 142 valence electrons. The van der Waals surface area contributed by atoms with Gasteiger partial charge in [-0.25, -0.2) is 0 Å². The average molecular weight is 343 g/mol. The molecule has 0 amide bonds. The highest BCUT2D eigenvalue weighted by Gasteiger charge is 2.64. The Bertz CT molecular complexity index is 506. The standard InChI is InChI=1S/C23H42BN/c1-5-6-9-17-10-11-18-20-19(12-15-21(17,18)2)22(3)13-7-8-14-23(22,25)16-24(20)4/h17-20H,5-16,25H2,1-4H3. The monoisotopic (exact) mass is 343 g/mol. The fourth-order valence-corrected chi connectivity index (χ4v) is 8.83. The van der Waals surface area contributed by atoms with Gasteiger partial charge in [0.05, 0.1) is 0 Å². The highest BCUT2D eigenvalue weighted by atomic mass is 14.8. The van der Waals surface area contributed by atoms with E-state index in [1.54, 1.807) is 0 Å². The summed E-state index contributed by atoms with van der Waals surface area (Å²) in [6.45, 7) is 11.1. The van der Waals surface area contributed by atoms with Crippen molar-refractivity contribution >= 4 is 6.71 Å². The van der Waals surface area contributed by atoms with E-state index in [0.29, 0.717) is 10.8 Å². The van der Waals surface area contributed by atoms with Gasteiger partial charge in [0.15, 0.2) is 0 Å². The molecule has 0 aromatic heterocycles. The molecule has 0 aromatic rings. The predicted octanol–water partition coefficient (Wildman–Crippen LogP) is 6.41. The molecule has 1 saturated heterocycles. The lowest BCUT2D eigenvalue weighted by Gasteiger charge is -2.65. The van der Waals surface area contributed by atoms with E-state index in [0.717, 1.165) is 30.3 Å². The van der Waals surface area contributed by atoms with Crippen molar-refractivity contribution in [3.63, 3.8) is 0 Å². The van der Waals surface area contributed by atoms with Gasteiger partial charge in [0, 0.05) is 5.54 Å². The van der Waals surface area contributed by atoms with Crippen molar-refractivity contribution in [2.45, 2.75) is 116 Å². The second-order valence-electron chi connectivity index (χ2n) is 11.2. The van der Waals surface area contributed by atoms with E-state index in [1.807, 2.05) is 0 Å². The fraction of sp³-hybridized carbons (Fsp3) is 1.00. The summed E-state index contributed by atoms with van der Waals surface area (Å²) in [6, 6.07) is 0. The Hall–Kier alpha value is 0.0249. The van der Waals surface area contributed by atoms with Gasteiger partial charge in [-0.2, -0.15) is 0 Å². The highest BCUT2D eigenvalue weighted by Crippen LogP contribution is 2.70. The number of rotatable bonds is 3. The second kappa shape index (κ2) is 6.28. The van der Waals surface area contributed by atoms with Gasteiger partial charge in [-0.15, -0.1) is 0 Å². The number of nitrogens with two attached hydrogens (primary N) is 1. The third kappa shape index (κ3) is 2.52. The highest BCUT2D eigenvalue weighted by molar-refractivity contribution is 6.60. The molecule has 4 rings (SSSR count). The van der Waals surface area contributed by atoms with Gasteiger partial charge in [0.25, 0.3) is 0 Å². The molecule has 1 heterocycles. The van der Waals surface area contributed by atoms with Crippen LogP contribution >= 0.6 is 0 Å². The lowest BCUT2D eigenvalue weighted by Crippen LogP contribution is -2.67. The van der Waals surface area contributed by atoms with Crippen molar-refractivity contribution in [3.8, 4) is 0 Å². The number of hydrogen-bond acceptors (Lipinski definition) is 1. The van der Waals surface area contributed by atoms with E-state index >= 15 is 0 Å². The summed E-state index contributed by atoms with van der Waals surface area (Å²) in [5.74, 6) is 3.87. The molecule has 7 unspecified atom stereocenters. The Morgan fingerprint density at radius 2 is 1.76 bits per heavy atom. The maximum absolute atomic E-state index is 7.16. The zero-order valence-corrected chi connectivity index (χ0v) is 17.4. The molecule has 3 aliphatic carbocycles. The van der Waals surface area contributed by atoms with Crippen LogP contribution in [0.2, 0.25) is 19.0 Å². The molecule has 1 aliphatic heterocycles. The van der Waals surface area contributed by atoms with E-state index in [2.05, 4.69) is 27.6 Å². The second-order valence-corrected chi connectivity index (χ2v) is 11.2.